The Labute approximate surface area is 156 Å². The molecule has 3 aliphatic heterocycles. The normalized spacial score (nSPS) is 33.1. The second-order valence-electron chi connectivity index (χ2n) is 6.73. The second-order valence-corrected chi connectivity index (χ2v) is 6.73. The van der Waals surface area contributed by atoms with Gasteiger partial charge in [-0.05, 0) is 18.2 Å². The maximum absolute atomic E-state index is 10.1. The lowest BCUT2D eigenvalue weighted by Gasteiger charge is -2.60. The van der Waals surface area contributed by atoms with Gasteiger partial charge in [-0.25, -0.2) is 0 Å². The second kappa shape index (κ2) is 5.87. The predicted octanol–water partition coefficient (Wildman–Crippen LogP) is 2.68. The van der Waals surface area contributed by atoms with Crippen LogP contribution in [0, 0.1) is 56.2 Å². The molecule has 0 unspecified atom stereocenters. The van der Waals surface area contributed by atoms with Gasteiger partial charge in [0.2, 0.25) is 11.7 Å². The van der Waals surface area contributed by atoms with Crippen LogP contribution in [0.3, 0.4) is 0 Å². The number of hydrogen-bond donors (Lipinski definition) is 1. The van der Waals surface area contributed by atoms with Crippen LogP contribution >= 0.6 is 0 Å². The van der Waals surface area contributed by atoms with E-state index in [2.05, 4.69) is 0 Å². The van der Waals surface area contributed by atoms with Crippen molar-refractivity contribution in [2.45, 2.75) is 25.7 Å². The minimum atomic E-state index is -1.96. The van der Waals surface area contributed by atoms with E-state index in [1.54, 1.807) is 32.0 Å². The molecule has 1 N–H and O–H groups in total. The zero-order valence-electron chi connectivity index (χ0n) is 15.4. The van der Waals surface area contributed by atoms with Crippen LogP contribution in [0.5, 0.6) is 11.5 Å². The molecule has 1 aromatic carbocycles. The maximum Gasteiger partial charge on any atom is 0.215 e. The van der Waals surface area contributed by atoms with Crippen molar-refractivity contribution >= 4 is 5.90 Å². The van der Waals surface area contributed by atoms with Gasteiger partial charge in [-0.1, -0.05) is 6.92 Å². The van der Waals surface area contributed by atoms with Crippen LogP contribution in [-0.2, 0) is 9.47 Å². The van der Waals surface area contributed by atoms with E-state index in [0.29, 0.717) is 17.1 Å². The lowest BCUT2D eigenvalue weighted by molar-refractivity contribution is -0.338. The first-order chi connectivity index (χ1) is 12.8. The SMILES string of the molecule is COc1ccc(OC)c([C@H]2O[C@@]3(C)OC(=N)[C@@]2(C#N)C(C#N)(C#N)[C@H]3C)c1. The first-order valence-electron chi connectivity index (χ1n) is 8.21. The minimum absolute atomic E-state index is 0.386. The molecule has 3 saturated heterocycles. The summed E-state index contributed by atoms with van der Waals surface area (Å²) in [5.74, 6) is -1.80. The Balaban J connectivity index is 2.37. The fourth-order valence-electron chi connectivity index (χ4n) is 3.99. The number of nitriles is 3. The first-order valence-corrected chi connectivity index (χ1v) is 8.21. The average molecular weight is 366 g/mol. The Morgan fingerprint density at radius 2 is 1.78 bits per heavy atom. The van der Waals surface area contributed by atoms with Gasteiger partial charge in [0, 0.05) is 12.5 Å². The van der Waals surface area contributed by atoms with Crippen LogP contribution in [0.1, 0.15) is 25.5 Å². The third-order valence-electron chi connectivity index (χ3n) is 5.71. The van der Waals surface area contributed by atoms with Crippen molar-refractivity contribution < 1.29 is 18.9 Å². The number of benzene rings is 1. The third-order valence-corrected chi connectivity index (χ3v) is 5.71. The first kappa shape index (κ1) is 18.5. The summed E-state index contributed by atoms with van der Waals surface area (Å²) in [7, 11) is 2.95. The number of ether oxygens (including phenoxy) is 4. The molecule has 27 heavy (non-hydrogen) atoms. The number of nitrogens with zero attached hydrogens (tertiary/aromatic N) is 3. The van der Waals surface area contributed by atoms with E-state index in [9.17, 15) is 15.8 Å². The Morgan fingerprint density at radius 1 is 1.11 bits per heavy atom. The van der Waals surface area contributed by atoms with Crippen molar-refractivity contribution in [3.63, 3.8) is 0 Å². The maximum atomic E-state index is 10.1. The molecule has 3 aliphatic rings. The molecule has 8 heteroatoms. The van der Waals surface area contributed by atoms with Gasteiger partial charge in [0.1, 0.15) is 17.6 Å². The molecule has 0 aliphatic carbocycles. The molecule has 0 spiro atoms. The van der Waals surface area contributed by atoms with Crippen LogP contribution in [0.15, 0.2) is 18.2 Å². The summed E-state index contributed by atoms with van der Waals surface area (Å²) in [6.45, 7) is 3.18. The molecular formula is C19H18N4O4. The molecule has 0 radical (unpaired) electrons. The van der Waals surface area contributed by atoms with Gasteiger partial charge in [0.15, 0.2) is 10.8 Å². The summed E-state index contributed by atoms with van der Waals surface area (Å²) in [4.78, 5) is 0. The summed E-state index contributed by atoms with van der Waals surface area (Å²) in [6.07, 6.45) is -1.13. The summed E-state index contributed by atoms with van der Waals surface area (Å²) in [5.41, 5.74) is -3.41. The fourth-order valence-corrected chi connectivity index (χ4v) is 3.99. The van der Waals surface area contributed by atoms with Crippen molar-refractivity contribution in [2.24, 2.45) is 16.7 Å². The monoisotopic (exact) mass is 366 g/mol. The molecule has 0 aromatic heterocycles. The highest BCUT2D eigenvalue weighted by Gasteiger charge is 2.78. The molecule has 2 bridgehead atoms. The van der Waals surface area contributed by atoms with Gasteiger partial charge >= 0.3 is 0 Å². The van der Waals surface area contributed by atoms with Gasteiger partial charge in [-0.15, -0.1) is 0 Å². The molecule has 3 heterocycles. The van der Waals surface area contributed by atoms with Crippen molar-refractivity contribution in [3.8, 4) is 29.7 Å². The Bertz CT molecular complexity index is 926. The van der Waals surface area contributed by atoms with Crippen molar-refractivity contribution in [1.29, 1.82) is 21.2 Å². The summed E-state index contributed by atoms with van der Waals surface area (Å²) in [5, 5.41) is 38.5. The molecule has 1 aromatic rings. The van der Waals surface area contributed by atoms with Crippen molar-refractivity contribution in [2.75, 3.05) is 14.2 Å². The zero-order chi connectivity index (χ0) is 20.0. The highest BCUT2D eigenvalue weighted by atomic mass is 16.7. The molecule has 4 atom stereocenters. The smallest absolute Gasteiger partial charge is 0.215 e. The summed E-state index contributed by atoms with van der Waals surface area (Å²) >= 11 is 0. The fraction of sp³-hybridized carbons (Fsp3) is 0.474. The van der Waals surface area contributed by atoms with Crippen LogP contribution in [0.4, 0.5) is 0 Å². The Kier molecular flexibility index (Phi) is 4.03. The summed E-state index contributed by atoms with van der Waals surface area (Å²) < 4.78 is 22.4. The van der Waals surface area contributed by atoms with Crippen LogP contribution in [0.2, 0.25) is 0 Å². The van der Waals surface area contributed by atoms with Gasteiger partial charge in [0.05, 0.1) is 38.3 Å². The highest BCUT2D eigenvalue weighted by Crippen LogP contribution is 2.66. The van der Waals surface area contributed by atoms with E-state index < -0.39 is 34.5 Å². The molecule has 0 amide bonds. The van der Waals surface area contributed by atoms with Gasteiger partial charge in [-0.3, -0.25) is 5.41 Å². The lowest BCUT2D eigenvalue weighted by atomic mass is 9.51. The van der Waals surface area contributed by atoms with Crippen LogP contribution in [0.25, 0.3) is 0 Å². The highest BCUT2D eigenvalue weighted by molar-refractivity contribution is 5.89. The molecule has 0 saturated carbocycles. The van der Waals surface area contributed by atoms with E-state index in [4.69, 9.17) is 24.4 Å². The van der Waals surface area contributed by atoms with E-state index in [1.807, 2.05) is 18.2 Å². The number of methoxy groups -OCH3 is 2. The predicted molar refractivity (Wildman–Crippen MR) is 91.5 cm³/mol. The van der Waals surface area contributed by atoms with E-state index in [-0.39, 0.29) is 0 Å². The van der Waals surface area contributed by atoms with Crippen molar-refractivity contribution in [3.05, 3.63) is 23.8 Å². The van der Waals surface area contributed by atoms with Crippen LogP contribution in [-0.4, -0.2) is 25.9 Å². The standard InChI is InChI=1S/C19H18N4O4/c1-11-17(2)26-15(13-7-12(24-3)5-6-14(13)25-4)19(10-22,16(23)27-17)18(11,8-20)9-21/h5-7,11,15,23H,1-4H3/t11-,15+,17-,19-/m0/s1. The van der Waals surface area contributed by atoms with Gasteiger partial charge in [0.25, 0.3) is 0 Å². The number of rotatable bonds is 3. The molecule has 138 valence electrons. The number of fused-ring (bicyclic) bond motifs is 3. The van der Waals surface area contributed by atoms with Crippen molar-refractivity contribution in [1.82, 2.24) is 0 Å². The molecular weight excluding hydrogens is 348 g/mol. The lowest BCUT2D eigenvalue weighted by Crippen LogP contribution is -2.71. The Morgan fingerprint density at radius 3 is 2.30 bits per heavy atom. The average Bonchev–Trinajstić information content (AvgIpc) is 2.68. The number of nitrogens with one attached hydrogen (secondary N) is 1. The van der Waals surface area contributed by atoms with Gasteiger partial charge < -0.3 is 18.9 Å². The van der Waals surface area contributed by atoms with E-state index >= 15 is 0 Å². The quantitative estimate of drug-likeness (QED) is 0.869. The zero-order valence-corrected chi connectivity index (χ0v) is 15.4. The van der Waals surface area contributed by atoms with E-state index in [1.165, 1.54) is 14.2 Å². The molecule has 4 rings (SSSR count). The molecule has 8 nitrogen and oxygen atoms in total. The minimum Gasteiger partial charge on any atom is -0.497 e. The van der Waals surface area contributed by atoms with E-state index in [0.717, 1.165) is 0 Å². The topological polar surface area (TPSA) is 132 Å². The third kappa shape index (κ3) is 2.01. The summed E-state index contributed by atoms with van der Waals surface area (Å²) in [6, 6.07) is 11.0. The van der Waals surface area contributed by atoms with Gasteiger partial charge in [-0.2, -0.15) is 15.8 Å². The molecule has 3 fully saturated rings. The number of hydrogen-bond acceptors (Lipinski definition) is 8. The Hall–Kier alpha value is -3.28. The largest absolute Gasteiger partial charge is 0.497 e. The van der Waals surface area contributed by atoms with Crippen LogP contribution < -0.4 is 9.47 Å².